The van der Waals surface area contributed by atoms with E-state index in [2.05, 4.69) is 10.2 Å². The topological polar surface area (TPSA) is 102 Å². The van der Waals surface area contributed by atoms with E-state index in [1.165, 1.54) is 12.1 Å². The maximum absolute atomic E-state index is 13.3. The molecule has 0 aliphatic carbocycles. The number of esters is 1. The van der Waals surface area contributed by atoms with Gasteiger partial charge in [0.1, 0.15) is 0 Å². The van der Waals surface area contributed by atoms with Gasteiger partial charge >= 0.3 is 5.97 Å². The normalized spacial score (nSPS) is 14.0. The van der Waals surface area contributed by atoms with Crippen LogP contribution in [0, 0.1) is 10.1 Å². The minimum absolute atomic E-state index is 0.0536. The summed E-state index contributed by atoms with van der Waals surface area (Å²) in [6.07, 6.45) is 3.25. The van der Waals surface area contributed by atoms with Crippen molar-refractivity contribution in [2.45, 2.75) is 38.6 Å². The van der Waals surface area contributed by atoms with Gasteiger partial charge in [0.2, 0.25) is 5.91 Å². The highest BCUT2D eigenvalue weighted by Crippen LogP contribution is 2.37. The summed E-state index contributed by atoms with van der Waals surface area (Å²) in [6.45, 7) is 3.69. The number of nitro groups is 1. The Labute approximate surface area is 226 Å². The standard InChI is InChI=1S/C29H30ClN3O5/c1-2-38-29(35)21-12-10-20(11-13-21)18-27(34)31-28(23-8-4-5-9-25(23)30)24-19-22(33(36)37)14-15-26(24)32-16-6-3-7-17-32/h4-5,8-15,19,28H,2-3,6-7,16-18H2,1H3,(H,31,34). The Morgan fingerprint density at radius 3 is 2.39 bits per heavy atom. The van der Waals surface area contributed by atoms with Crippen LogP contribution in [0.1, 0.15) is 59.3 Å². The third kappa shape index (κ3) is 6.50. The number of nitrogens with zero attached hydrogens (tertiary/aromatic N) is 2. The molecule has 0 aromatic heterocycles. The van der Waals surface area contributed by atoms with Gasteiger partial charge in [-0.05, 0) is 61.6 Å². The molecule has 1 amide bonds. The smallest absolute Gasteiger partial charge is 0.338 e. The Balaban J connectivity index is 1.67. The monoisotopic (exact) mass is 535 g/mol. The predicted molar refractivity (Wildman–Crippen MR) is 147 cm³/mol. The lowest BCUT2D eigenvalue weighted by molar-refractivity contribution is -0.384. The van der Waals surface area contributed by atoms with Gasteiger partial charge in [-0.15, -0.1) is 0 Å². The molecule has 1 saturated heterocycles. The van der Waals surface area contributed by atoms with E-state index < -0.39 is 16.9 Å². The molecular formula is C29H30ClN3O5. The minimum Gasteiger partial charge on any atom is -0.462 e. The van der Waals surface area contributed by atoms with Crippen molar-refractivity contribution in [3.63, 3.8) is 0 Å². The van der Waals surface area contributed by atoms with Crippen molar-refractivity contribution in [3.05, 3.63) is 104 Å². The van der Waals surface area contributed by atoms with Gasteiger partial charge in [0, 0.05) is 41.5 Å². The molecule has 0 saturated carbocycles. The van der Waals surface area contributed by atoms with Gasteiger partial charge in [0.15, 0.2) is 0 Å². The van der Waals surface area contributed by atoms with Crippen LogP contribution in [0.5, 0.6) is 0 Å². The van der Waals surface area contributed by atoms with Crippen LogP contribution in [0.25, 0.3) is 0 Å². The van der Waals surface area contributed by atoms with Gasteiger partial charge in [-0.3, -0.25) is 14.9 Å². The van der Waals surface area contributed by atoms with E-state index in [0.717, 1.165) is 38.0 Å². The zero-order valence-electron chi connectivity index (χ0n) is 21.2. The number of anilines is 1. The molecule has 4 rings (SSSR count). The number of carbonyl (C=O) groups is 2. The van der Waals surface area contributed by atoms with Crippen molar-refractivity contribution in [3.8, 4) is 0 Å². The first-order valence-corrected chi connectivity index (χ1v) is 13.1. The van der Waals surface area contributed by atoms with Crippen LogP contribution in [0.3, 0.4) is 0 Å². The molecule has 1 N–H and O–H groups in total. The zero-order valence-corrected chi connectivity index (χ0v) is 21.9. The van der Waals surface area contributed by atoms with Crippen molar-refractivity contribution in [2.24, 2.45) is 0 Å². The molecule has 3 aromatic carbocycles. The fourth-order valence-corrected chi connectivity index (χ4v) is 4.96. The summed E-state index contributed by atoms with van der Waals surface area (Å²) < 4.78 is 5.02. The number of nitrogens with one attached hydrogen (secondary N) is 1. The van der Waals surface area contributed by atoms with E-state index in [-0.39, 0.29) is 24.6 Å². The summed E-state index contributed by atoms with van der Waals surface area (Å²) in [5, 5.41) is 15.2. The molecule has 1 atom stereocenters. The second kappa shape index (κ2) is 12.6. The van der Waals surface area contributed by atoms with Crippen molar-refractivity contribution in [1.29, 1.82) is 0 Å². The van der Waals surface area contributed by atoms with E-state index in [4.69, 9.17) is 16.3 Å². The lowest BCUT2D eigenvalue weighted by atomic mass is 9.94. The number of carbonyl (C=O) groups excluding carboxylic acids is 2. The lowest BCUT2D eigenvalue weighted by Gasteiger charge is -2.33. The number of nitro benzene ring substituents is 1. The molecule has 0 bridgehead atoms. The van der Waals surface area contributed by atoms with Crippen molar-refractivity contribution in [1.82, 2.24) is 5.32 Å². The highest BCUT2D eigenvalue weighted by atomic mass is 35.5. The van der Waals surface area contributed by atoms with Crippen LogP contribution < -0.4 is 10.2 Å². The molecule has 1 fully saturated rings. The third-order valence-electron chi connectivity index (χ3n) is 6.58. The maximum atomic E-state index is 13.3. The van der Waals surface area contributed by atoms with Gasteiger partial charge in [0.05, 0.1) is 29.6 Å². The Morgan fingerprint density at radius 1 is 1.03 bits per heavy atom. The average molecular weight is 536 g/mol. The van der Waals surface area contributed by atoms with Gasteiger partial charge in [0.25, 0.3) is 5.69 Å². The molecule has 9 heteroatoms. The predicted octanol–water partition coefficient (Wildman–Crippen LogP) is 5.86. The Bertz CT molecular complexity index is 1310. The summed E-state index contributed by atoms with van der Waals surface area (Å²) >= 11 is 6.58. The average Bonchev–Trinajstić information content (AvgIpc) is 2.93. The second-order valence-corrected chi connectivity index (χ2v) is 9.57. The van der Waals surface area contributed by atoms with Crippen LogP contribution in [0.2, 0.25) is 5.02 Å². The van der Waals surface area contributed by atoms with Crippen LogP contribution in [0.4, 0.5) is 11.4 Å². The quantitative estimate of drug-likeness (QED) is 0.209. The fraction of sp³-hybridized carbons (Fsp3) is 0.310. The number of hydrogen-bond acceptors (Lipinski definition) is 6. The highest BCUT2D eigenvalue weighted by molar-refractivity contribution is 6.31. The first kappa shape index (κ1) is 27.1. The molecule has 3 aromatic rings. The largest absolute Gasteiger partial charge is 0.462 e. The van der Waals surface area contributed by atoms with E-state index in [1.807, 2.05) is 12.1 Å². The summed E-state index contributed by atoms with van der Waals surface area (Å²) in [7, 11) is 0. The number of benzene rings is 3. The molecule has 1 aliphatic heterocycles. The first-order chi connectivity index (χ1) is 18.4. The molecule has 198 valence electrons. The molecule has 8 nitrogen and oxygen atoms in total. The van der Waals surface area contributed by atoms with Gasteiger partial charge in [-0.2, -0.15) is 0 Å². The van der Waals surface area contributed by atoms with Crippen LogP contribution in [0.15, 0.2) is 66.7 Å². The summed E-state index contributed by atoms with van der Waals surface area (Å²) in [4.78, 5) is 38.7. The van der Waals surface area contributed by atoms with E-state index in [1.54, 1.807) is 49.4 Å². The summed E-state index contributed by atoms with van der Waals surface area (Å²) in [5.41, 5.74) is 3.19. The zero-order chi connectivity index (χ0) is 27.1. The lowest BCUT2D eigenvalue weighted by Crippen LogP contribution is -2.34. The number of halogens is 1. The fourth-order valence-electron chi connectivity index (χ4n) is 4.71. The van der Waals surface area contributed by atoms with Crippen LogP contribution >= 0.6 is 11.6 Å². The number of amides is 1. The van der Waals surface area contributed by atoms with Crippen LogP contribution in [-0.4, -0.2) is 36.5 Å². The SMILES string of the molecule is CCOC(=O)c1ccc(CC(=O)NC(c2ccccc2Cl)c2cc([N+](=O)[O-])ccc2N2CCCCC2)cc1. The van der Waals surface area contributed by atoms with Gasteiger partial charge < -0.3 is 15.0 Å². The second-order valence-electron chi connectivity index (χ2n) is 9.16. The number of rotatable bonds is 9. The summed E-state index contributed by atoms with van der Waals surface area (Å²) in [6, 6.07) is 18.0. The van der Waals surface area contributed by atoms with Crippen molar-refractivity contribution < 1.29 is 19.2 Å². The molecule has 0 radical (unpaired) electrons. The molecular weight excluding hydrogens is 506 g/mol. The number of non-ortho nitro benzene ring substituents is 1. The van der Waals surface area contributed by atoms with E-state index in [0.29, 0.717) is 27.3 Å². The van der Waals surface area contributed by atoms with E-state index >= 15 is 0 Å². The minimum atomic E-state index is -0.702. The first-order valence-electron chi connectivity index (χ1n) is 12.7. The number of piperidine rings is 1. The van der Waals surface area contributed by atoms with Crippen molar-refractivity contribution >= 4 is 34.9 Å². The molecule has 1 heterocycles. The number of ether oxygens (including phenoxy) is 1. The Kier molecular flexibility index (Phi) is 8.97. The Morgan fingerprint density at radius 2 is 1.74 bits per heavy atom. The molecule has 1 unspecified atom stereocenters. The van der Waals surface area contributed by atoms with Crippen LogP contribution in [-0.2, 0) is 16.0 Å². The van der Waals surface area contributed by atoms with Crippen molar-refractivity contribution in [2.75, 3.05) is 24.6 Å². The molecule has 1 aliphatic rings. The highest BCUT2D eigenvalue weighted by Gasteiger charge is 2.27. The summed E-state index contributed by atoms with van der Waals surface area (Å²) in [5.74, 6) is -0.701. The maximum Gasteiger partial charge on any atom is 0.338 e. The third-order valence-corrected chi connectivity index (χ3v) is 6.93. The van der Waals surface area contributed by atoms with Gasteiger partial charge in [-0.1, -0.05) is 41.9 Å². The molecule has 0 spiro atoms. The number of hydrogen-bond donors (Lipinski definition) is 1. The molecule has 38 heavy (non-hydrogen) atoms. The Hall–Kier alpha value is -3.91. The van der Waals surface area contributed by atoms with E-state index in [9.17, 15) is 19.7 Å². The van der Waals surface area contributed by atoms with Gasteiger partial charge in [-0.25, -0.2) is 4.79 Å².